The summed E-state index contributed by atoms with van der Waals surface area (Å²) in [7, 11) is 0. The van der Waals surface area contributed by atoms with Crippen molar-refractivity contribution in [2.75, 3.05) is 0 Å². The Labute approximate surface area is 111 Å². The summed E-state index contributed by atoms with van der Waals surface area (Å²) < 4.78 is 0. The van der Waals surface area contributed by atoms with Crippen LogP contribution in [-0.2, 0) is 4.79 Å². The molecule has 0 aliphatic carbocycles. The van der Waals surface area contributed by atoms with E-state index in [0.29, 0.717) is 0 Å². The number of aldehydes is 1. The normalized spacial score (nSPS) is 13.9. The molecule has 0 saturated heterocycles. The maximum atomic E-state index is 9.98. The van der Waals surface area contributed by atoms with E-state index >= 15 is 0 Å². The van der Waals surface area contributed by atoms with Crippen LogP contribution in [0.3, 0.4) is 0 Å². The first kappa shape index (κ1) is 16.9. The Morgan fingerprint density at radius 2 is 1.50 bits per heavy atom. The Morgan fingerprint density at radius 1 is 0.889 bits per heavy atom. The molecule has 1 unspecified atom stereocenters. The fourth-order valence-corrected chi connectivity index (χ4v) is 1.66. The Balaban J connectivity index is 3.49. The van der Waals surface area contributed by atoms with E-state index in [4.69, 9.17) is 0 Å². The maximum absolute atomic E-state index is 9.98. The number of hydrogen-bond donors (Lipinski definition) is 1. The van der Waals surface area contributed by atoms with Crippen LogP contribution in [0.25, 0.3) is 0 Å². The molecule has 2 heteroatoms. The van der Waals surface area contributed by atoms with E-state index in [0.717, 1.165) is 19.1 Å². The Morgan fingerprint density at radius 3 is 2.22 bits per heavy atom. The summed E-state index contributed by atoms with van der Waals surface area (Å²) >= 11 is 0. The van der Waals surface area contributed by atoms with Crippen LogP contribution in [0.5, 0.6) is 0 Å². The van der Waals surface area contributed by atoms with Crippen molar-refractivity contribution in [1.29, 1.82) is 0 Å². The summed E-state index contributed by atoms with van der Waals surface area (Å²) in [6.45, 7) is 2.21. The summed E-state index contributed by atoms with van der Waals surface area (Å²) in [5.41, 5.74) is 0. The quantitative estimate of drug-likeness (QED) is 0.261. The zero-order chi connectivity index (χ0) is 13.5. The molecule has 1 atom stereocenters. The van der Waals surface area contributed by atoms with Gasteiger partial charge in [0.15, 0.2) is 0 Å². The molecule has 0 saturated carbocycles. The molecule has 1 N–H and O–H groups in total. The highest BCUT2D eigenvalue weighted by Gasteiger charge is 1.97. The second-order valence-corrected chi connectivity index (χ2v) is 4.41. The smallest absolute Gasteiger partial charge is 0.142 e. The van der Waals surface area contributed by atoms with E-state index in [1.165, 1.54) is 38.2 Å². The minimum Gasteiger partial charge on any atom is -0.389 e. The molecule has 0 bridgehead atoms. The van der Waals surface area contributed by atoms with E-state index in [1.54, 1.807) is 18.2 Å². The van der Waals surface area contributed by atoms with Crippen LogP contribution < -0.4 is 0 Å². The van der Waals surface area contributed by atoms with Gasteiger partial charge >= 0.3 is 0 Å². The molecule has 0 aromatic carbocycles. The van der Waals surface area contributed by atoms with Gasteiger partial charge in [0.2, 0.25) is 0 Å². The van der Waals surface area contributed by atoms with Crippen LogP contribution in [0.15, 0.2) is 36.5 Å². The van der Waals surface area contributed by atoms with Gasteiger partial charge in [-0.15, -0.1) is 0 Å². The number of unbranched alkanes of at least 4 members (excludes halogenated alkanes) is 5. The van der Waals surface area contributed by atoms with E-state index in [-0.39, 0.29) is 6.10 Å². The molecule has 2 nitrogen and oxygen atoms in total. The lowest BCUT2D eigenvalue weighted by Crippen LogP contribution is -2.01. The number of allylic oxidation sites excluding steroid dienone is 5. The first-order chi connectivity index (χ1) is 8.81. The number of aliphatic hydroxyl groups excluding tert-OH is 1. The number of rotatable bonds is 11. The molecule has 102 valence electrons. The van der Waals surface area contributed by atoms with E-state index < -0.39 is 0 Å². The SMILES string of the molecule is CCCCCCCCC(O)/C=C/C=C/C=C\C=O. The Hall–Kier alpha value is -1.15. The molecule has 0 heterocycles. The summed E-state index contributed by atoms with van der Waals surface area (Å²) in [6.07, 6.45) is 19.0. The largest absolute Gasteiger partial charge is 0.389 e. The predicted octanol–water partition coefficient (Wildman–Crippen LogP) is 3.97. The van der Waals surface area contributed by atoms with Gasteiger partial charge in [-0.3, -0.25) is 4.79 Å². The molecule has 0 amide bonds. The summed E-state index contributed by atoms with van der Waals surface area (Å²) in [4.78, 5) is 9.98. The van der Waals surface area contributed by atoms with Crippen LogP contribution in [0.2, 0.25) is 0 Å². The average molecular weight is 250 g/mol. The van der Waals surface area contributed by atoms with Gasteiger partial charge in [0.05, 0.1) is 6.10 Å². The third kappa shape index (κ3) is 12.9. The first-order valence-electron chi connectivity index (χ1n) is 6.94. The number of carbonyl (C=O) groups is 1. The van der Waals surface area contributed by atoms with E-state index in [1.807, 2.05) is 12.2 Å². The lowest BCUT2D eigenvalue weighted by Gasteiger charge is -2.04. The van der Waals surface area contributed by atoms with Crippen molar-refractivity contribution < 1.29 is 9.90 Å². The highest BCUT2D eigenvalue weighted by Crippen LogP contribution is 2.09. The van der Waals surface area contributed by atoms with Crippen LogP contribution in [0, 0.1) is 0 Å². The van der Waals surface area contributed by atoms with Gasteiger partial charge in [-0.25, -0.2) is 0 Å². The van der Waals surface area contributed by atoms with Crippen molar-refractivity contribution in [2.45, 2.75) is 58.0 Å². The molecule has 18 heavy (non-hydrogen) atoms. The Kier molecular flexibility index (Phi) is 13.0. The first-order valence-corrected chi connectivity index (χ1v) is 6.94. The van der Waals surface area contributed by atoms with Crippen LogP contribution in [0.4, 0.5) is 0 Å². The number of carbonyl (C=O) groups excluding carboxylic acids is 1. The molecule has 0 aliphatic rings. The second kappa shape index (κ2) is 13.9. The molecule has 0 radical (unpaired) electrons. The van der Waals surface area contributed by atoms with Gasteiger partial charge in [0.1, 0.15) is 6.29 Å². The molecule has 0 fully saturated rings. The maximum Gasteiger partial charge on any atom is 0.142 e. The van der Waals surface area contributed by atoms with Gasteiger partial charge in [-0.1, -0.05) is 75.8 Å². The van der Waals surface area contributed by atoms with Gasteiger partial charge in [0, 0.05) is 0 Å². The third-order valence-electron chi connectivity index (χ3n) is 2.71. The Bertz CT molecular complexity index is 264. The number of hydrogen-bond acceptors (Lipinski definition) is 2. The van der Waals surface area contributed by atoms with Gasteiger partial charge in [-0.2, -0.15) is 0 Å². The highest BCUT2D eigenvalue weighted by molar-refractivity contribution is 5.65. The minimum atomic E-state index is -0.351. The summed E-state index contributed by atoms with van der Waals surface area (Å²) in [6, 6.07) is 0. The lowest BCUT2D eigenvalue weighted by atomic mass is 10.1. The van der Waals surface area contributed by atoms with Crippen molar-refractivity contribution in [2.24, 2.45) is 0 Å². The molecule has 0 spiro atoms. The van der Waals surface area contributed by atoms with Crippen LogP contribution in [-0.4, -0.2) is 17.5 Å². The van der Waals surface area contributed by atoms with Crippen LogP contribution >= 0.6 is 0 Å². The van der Waals surface area contributed by atoms with Gasteiger partial charge < -0.3 is 5.11 Å². The third-order valence-corrected chi connectivity index (χ3v) is 2.71. The van der Waals surface area contributed by atoms with E-state index in [9.17, 15) is 9.90 Å². The zero-order valence-corrected chi connectivity index (χ0v) is 11.4. The molecular weight excluding hydrogens is 224 g/mol. The summed E-state index contributed by atoms with van der Waals surface area (Å²) in [5, 5.41) is 9.66. The van der Waals surface area contributed by atoms with Crippen molar-refractivity contribution in [1.82, 2.24) is 0 Å². The van der Waals surface area contributed by atoms with Crippen molar-refractivity contribution >= 4 is 6.29 Å². The molecule has 0 aromatic rings. The molecule has 0 aromatic heterocycles. The van der Waals surface area contributed by atoms with Crippen molar-refractivity contribution in [3.05, 3.63) is 36.5 Å². The second-order valence-electron chi connectivity index (χ2n) is 4.41. The fourth-order valence-electron chi connectivity index (χ4n) is 1.66. The molecular formula is C16H26O2. The van der Waals surface area contributed by atoms with Gasteiger partial charge in [0.25, 0.3) is 0 Å². The van der Waals surface area contributed by atoms with Gasteiger partial charge in [-0.05, 0) is 12.5 Å². The van der Waals surface area contributed by atoms with Crippen molar-refractivity contribution in [3.63, 3.8) is 0 Å². The zero-order valence-electron chi connectivity index (χ0n) is 11.4. The van der Waals surface area contributed by atoms with Crippen LogP contribution in [0.1, 0.15) is 51.9 Å². The molecule has 0 aliphatic heterocycles. The van der Waals surface area contributed by atoms with E-state index in [2.05, 4.69) is 6.92 Å². The number of aliphatic hydroxyl groups is 1. The monoisotopic (exact) mass is 250 g/mol. The predicted molar refractivity (Wildman–Crippen MR) is 77.5 cm³/mol. The highest BCUT2D eigenvalue weighted by atomic mass is 16.3. The topological polar surface area (TPSA) is 37.3 Å². The molecule has 0 rings (SSSR count). The standard InChI is InChI=1S/C16H26O2/c1-2-3-4-5-7-10-13-16(18)14-11-8-6-9-12-15-17/h6,8-9,11-12,14-16,18H,2-5,7,10,13H2,1H3/b8-6+,12-9-,14-11+. The lowest BCUT2D eigenvalue weighted by molar-refractivity contribution is -0.104. The van der Waals surface area contributed by atoms with Crippen molar-refractivity contribution in [3.8, 4) is 0 Å². The minimum absolute atomic E-state index is 0.351. The average Bonchev–Trinajstić information content (AvgIpc) is 2.38. The fraction of sp³-hybridized carbons (Fsp3) is 0.562. The summed E-state index contributed by atoms with van der Waals surface area (Å²) in [5.74, 6) is 0.